The van der Waals surface area contributed by atoms with Gasteiger partial charge in [0.05, 0.1) is 5.56 Å². The molecule has 5 heteroatoms. The second kappa shape index (κ2) is 9.02. The molecule has 0 atom stereocenters. The van der Waals surface area contributed by atoms with Crippen molar-refractivity contribution in [3.8, 4) is 17.2 Å². The zero-order chi connectivity index (χ0) is 21.0. The van der Waals surface area contributed by atoms with E-state index in [1.165, 1.54) is 24.5 Å². The van der Waals surface area contributed by atoms with Crippen molar-refractivity contribution in [2.75, 3.05) is 11.4 Å². The monoisotopic (exact) mass is 409 g/mol. The van der Waals surface area contributed by atoms with Gasteiger partial charge in [0.2, 0.25) is 0 Å². The van der Waals surface area contributed by atoms with Crippen LogP contribution in [-0.4, -0.2) is 11.8 Å². The normalized spacial score (nSPS) is 13.8. The third kappa shape index (κ3) is 5.85. The summed E-state index contributed by atoms with van der Waals surface area (Å²) in [7, 11) is 0. The lowest BCUT2D eigenvalue weighted by Crippen LogP contribution is -2.29. The SMILES string of the molecule is C=CN(CC(C)(C)C)c1cc(-c2ccc(F)c(C#N)c2)ccc1CNSC1CC1. The van der Waals surface area contributed by atoms with Crippen molar-refractivity contribution >= 4 is 17.6 Å². The molecular weight excluding hydrogens is 381 g/mol. The van der Waals surface area contributed by atoms with Crippen LogP contribution in [0.3, 0.4) is 0 Å². The number of anilines is 1. The highest BCUT2D eigenvalue weighted by atomic mass is 32.2. The molecule has 0 heterocycles. The van der Waals surface area contributed by atoms with Gasteiger partial charge in [0.1, 0.15) is 11.9 Å². The highest BCUT2D eigenvalue weighted by Gasteiger charge is 2.22. The molecule has 1 saturated carbocycles. The summed E-state index contributed by atoms with van der Waals surface area (Å²) in [5.41, 5.74) is 4.21. The minimum Gasteiger partial charge on any atom is -0.348 e. The van der Waals surface area contributed by atoms with E-state index < -0.39 is 5.82 Å². The van der Waals surface area contributed by atoms with E-state index in [1.54, 1.807) is 12.1 Å². The summed E-state index contributed by atoms with van der Waals surface area (Å²) in [6.45, 7) is 12.2. The number of nitriles is 1. The zero-order valence-electron chi connectivity index (χ0n) is 17.3. The number of nitrogens with one attached hydrogen (secondary N) is 1. The molecular formula is C24H28FN3S. The number of benzene rings is 2. The van der Waals surface area contributed by atoms with Crippen molar-refractivity contribution in [3.05, 3.63) is 66.1 Å². The van der Waals surface area contributed by atoms with E-state index in [-0.39, 0.29) is 11.0 Å². The first-order valence-corrected chi connectivity index (χ1v) is 10.8. The maximum Gasteiger partial charge on any atom is 0.140 e. The standard InChI is InChI=1S/C24H28FN3S/c1-5-28(16-24(2,3)4)23-13-18(17-8-11-22(25)20(12-17)14-26)6-7-19(23)15-27-29-21-9-10-21/h5-8,11-13,21,27H,1,9-10,15-16H2,2-4H3. The predicted molar refractivity (Wildman–Crippen MR) is 121 cm³/mol. The molecule has 2 aromatic rings. The van der Waals surface area contributed by atoms with E-state index in [2.05, 4.69) is 49.1 Å². The minimum atomic E-state index is -0.491. The smallest absolute Gasteiger partial charge is 0.140 e. The lowest BCUT2D eigenvalue weighted by Gasteiger charge is -2.31. The summed E-state index contributed by atoms with van der Waals surface area (Å²) >= 11 is 1.81. The highest BCUT2D eigenvalue weighted by molar-refractivity contribution is 7.98. The van der Waals surface area contributed by atoms with Crippen LogP contribution >= 0.6 is 11.9 Å². The largest absolute Gasteiger partial charge is 0.348 e. The molecule has 0 bridgehead atoms. The number of rotatable bonds is 8. The fourth-order valence-corrected chi connectivity index (χ4v) is 3.98. The van der Waals surface area contributed by atoms with Gasteiger partial charge in [-0.3, -0.25) is 4.72 Å². The zero-order valence-corrected chi connectivity index (χ0v) is 18.2. The Hall–Kier alpha value is -2.29. The molecule has 2 aromatic carbocycles. The summed E-state index contributed by atoms with van der Waals surface area (Å²) in [5, 5.41) is 9.91. The summed E-state index contributed by atoms with van der Waals surface area (Å²) in [6, 6.07) is 12.9. The molecule has 29 heavy (non-hydrogen) atoms. The fourth-order valence-electron chi connectivity index (χ4n) is 3.13. The van der Waals surface area contributed by atoms with Crippen molar-refractivity contribution in [3.63, 3.8) is 0 Å². The van der Waals surface area contributed by atoms with E-state index in [4.69, 9.17) is 5.26 Å². The third-order valence-corrected chi connectivity index (χ3v) is 5.83. The Balaban J connectivity index is 1.96. The number of nitrogens with zero attached hydrogens (tertiary/aromatic N) is 2. The van der Waals surface area contributed by atoms with Gasteiger partial charge in [0, 0.05) is 24.0 Å². The van der Waals surface area contributed by atoms with Crippen molar-refractivity contribution in [2.45, 2.75) is 45.4 Å². The van der Waals surface area contributed by atoms with Gasteiger partial charge in [-0.15, -0.1) is 0 Å². The van der Waals surface area contributed by atoms with Crippen LogP contribution in [-0.2, 0) is 6.54 Å². The van der Waals surface area contributed by atoms with Gasteiger partial charge < -0.3 is 4.90 Å². The van der Waals surface area contributed by atoms with Crippen LogP contribution in [0.2, 0.25) is 0 Å². The Morgan fingerprint density at radius 2 is 1.93 bits per heavy atom. The van der Waals surface area contributed by atoms with Crippen LogP contribution in [0.4, 0.5) is 10.1 Å². The molecule has 3 nitrogen and oxygen atoms in total. The second-order valence-electron chi connectivity index (χ2n) is 8.66. The molecule has 0 spiro atoms. The molecule has 0 aliphatic heterocycles. The Morgan fingerprint density at radius 3 is 2.55 bits per heavy atom. The van der Waals surface area contributed by atoms with E-state index in [1.807, 2.05) is 30.3 Å². The molecule has 0 aromatic heterocycles. The first-order valence-electron chi connectivity index (χ1n) is 9.91. The van der Waals surface area contributed by atoms with Gasteiger partial charge in [-0.25, -0.2) is 4.39 Å². The van der Waals surface area contributed by atoms with E-state index in [0.717, 1.165) is 35.2 Å². The summed E-state index contributed by atoms with van der Waals surface area (Å²) in [4.78, 5) is 2.18. The minimum absolute atomic E-state index is 0.0610. The number of halogens is 1. The molecule has 1 aliphatic carbocycles. The molecule has 0 amide bonds. The van der Waals surface area contributed by atoms with Gasteiger partial charge >= 0.3 is 0 Å². The fraction of sp³-hybridized carbons (Fsp3) is 0.375. The van der Waals surface area contributed by atoms with Gasteiger partial charge in [-0.2, -0.15) is 5.26 Å². The quantitative estimate of drug-likeness (QED) is 0.522. The van der Waals surface area contributed by atoms with Crippen molar-refractivity contribution < 1.29 is 4.39 Å². The number of hydrogen-bond donors (Lipinski definition) is 1. The maximum atomic E-state index is 13.8. The van der Waals surface area contributed by atoms with Crippen molar-refractivity contribution in [1.29, 1.82) is 5.26 Å². The summed E-state index contributed by atoms with van der Waals surface area (Å²) < 4.78 is 17.2. The molecule has 3 rings (SSSR count). The van der Waals surface area contributed by atoms with Gasteiger partial charge in [-0.05, 0) is 59.3 Å². The van der Waals surface area contributed by atoms with E-state index >= 15 is 0 Å². The van der Waals surface area contributed by atoms with E-state index in [9.17, 15) is 4.39 Å². The molecule has 1 aliphatic rings. The molecule has 1 fully saturated rings. The Kier molecular flexibility index (Phi) is 6.66. The second-order valence-corrected chi connectivity index (χ2v) is 9.85. The first kappa shape index (κ1) is 21.4. The van der Waals surface area contributed by atoms with Crippen LogP contribution in [0.25, 0.3) is 11.1 Å². The number of hydrogen-bond acceptors (Lipinski definition) is 4. The van der Waals surface area contributed by atoms with Gasteiger partial charge in [0.15, 0.2) is 0 Å². The van der Waals surface area contributed by atoms with Crippen LogP contribution in [0.5, 0.6) is 0 Å². The third-order valence-electron chi connectivity index (χ3n) is 4.72. The van der Waals surface area contributed by atoms with Crippen molar-refractivity contribution in [1.82, 2.24) is 4.72 Å². The topological polar surface area (TPSA) is 39.1 Å². The van der Waals surface area contributed by atoms with E-state index in [0.29, 0.717) is 0 Å². The maximum absolute atomic E-state index is 13.8. The average Bonchev–Trinajstić information content (AvgIpc) is 3.50. The first-order chi connectivity index (χ1) is 13.8. The Morgan fingerprint density at radius 1 is 1.24 bits per heavy atom. The predicted octanol–water partition coefficient (Wildman–Crippen LogP) is 6.26. The molecule has 0 radical (unpaired) electrons. The van der Waals surface area contributed by atoms with Crippen molar-refractivity contribution in [2.24, 2.45) is 5.41 Å². The van der Waals surface area contributed by atoms with Crippen LogP contribution in [0.15, 0.2) is 49.2 Å². The molecule has 1 N–H and O–H groups in total. The van der Waals surface area contributed by atoms with Gasteiger partial charge in [0.25, 0.3) is 0 Å². The van der Waals surface area contributed by atoms with Crippen LogP contribution in [0, 0.1) is 22.6 Å². The molecule has 152 valence electrons. The highest BCUT2D eigenvalue weighted by Crippen LogP contribution is 2.34. The summed E-state index contributed by atoms with van der Waals surface area (Å²) in [6.07, 6.45) is 4.45. The lowest BCUT2D eigenvalue weighted by atomic mass is 9.94. The summed E-state index contributed by atoms with van der Waals surface area (Å²) in [5.74, 6) is -0.491. The Labute approximate surface area is 177 Å². The molecule has 0 unspecified atom stereocenters. The molecule has 0 saturated heterocycles. The Bertz CT molecular complexity index is 923. The lowest BCUT2D eigenvalue weighted by molar-refractivity contribution is 0.423. The van der Waals surface area contributed by atoms with Crippen LogP contribution < -0.4 is 9.62 Å². The van der Waals surface area contributed by atoms with Crippen LogP contribution in [0.1, 0.15) is 44.7 Å². The average molecular weight is 410 g/mol. The van der Waals surface area contributed by atoms with Gasteiger partial charge in [-0.1, -0.05) is 57.5 Å².